The van der Waals surface area contributed by atoms with Crippen LogP contribution in [0.15, 0.2) is 36.4 Å². The first kappa shape index (κ1) is 24.1. The maximum atomic E-state index is 13.5. The first-order valence-corrected chi connectivity index (χ1v) is 11.4. The summed E-state index contributed by atoms with van der Waals surface area (Å²) in [7, 11) is 0. The Kier molecular flexibility index (Phi) is 6.62. The van der Waals surface area contributed by atoms with E-state index in [2.05, 4.69) is 4.90 Å². The predicted molar refractivity (Wildman–Crippen MR) is 127 cm³/mol. The van der Waals surface area contributed by atoms with Gasteiger partial charge in [-0.1, -0.05) is 23.7 Å². The van der Waals surface area contributed by atoms with Crippen molar-refractivity contribution in [2.75, 3.05) is 24.6 Å². The maximum Gasteiger partial charge on any atom is 0.285 e. The van der Waals surface area contributed by atoms with E-state index in [4.69, 9.17) is 23.2 Å². The van der Waals surface area contributed by atoms with Crippen LogP contribution in [0.25, 0.3) is 0 Å². The molecule has 0 bridgehead atoms. The van der Waals surface area contributed by atoms with E-state index in [9.17, 15) is 18.8 Å². The molecule has 1 fully saturated rings. The molecule has 3 atom stereocenters. The van der Waals surface area contributed by atoms with Crippen LogP contribution in [-0.4, -0.2) is 59.1 Å². The van der Waals surface area contributed by atoms with Gasteiger partial charge in [0.2, 0.25) is 5.78 Å². The number of rotatable bonds is 5. The third-order valence-electron chi connectivity index (χ3n) is 6.65. The van der Waals surface area contributed by atoms with Crippen LogP contribution in [0.3, 0.4) is 0 Å². The summed E-state index contributed by atoms with van der Waals surface area (Å²) in [4.78, 5) is 41.3. The number of fused-ring (bicyclic) bond motifs is 1. The number of carbonyl (C=O) groups excluding carboxylic acids is 3. The Balaban J connectivity index is 1.55. The Morgan fingerprint density at radius 3 is 2.38 bits per heavy atom. The van der Waals surface area contributed by atoms with Crippen molar-refractivity contribution in [3.05, 3.63) is 63.9 Å². The fourth-order valence-electron chi connectivity index (χ4n) is 4.74. The van der Waals surface area contributed by atoms with Gasteiger partial charge in [-0.05, 0) is 49.2 Å². The van der Waals surface area contributed by atoms with Crippen molar-refractivity contribution in [1.29, 1.82) is 0 Å². The zero-order valence-electron chi connectivity index (χ0n) is 19.0. The van der Waals surface area contributed by atoms with Gasteiger partial charge in [-0.2, -0.15) is 0 Å². The molecule has 2 aliphatic rings. The number of hydrazine groups is 1. The van der Waals surface area contributed by atoms with E-state index in [-0.39, 0.29) is 40.9 Å². The lowest BCUT2D eigenvalue weighted by atomic mass is 9.94. The zero-order valence-corrected chi connectivity index (χ0v) is 19.8. The molecule has 8 nitrogen and oxygen atoms in total. The number of amides is 2. The van der Waals surface area contributed by atoms with Crippen molar-refractivity contribution in [3.63, 3.8) is 0 Å². The van der Waals surface area contributed by atoms with Gasteiger partial charge < -0.3 is 15.6 Å². The summed E-state index contributed by atoms with van der Waals surface area (Å²) >= 11 is 6.46. The number of anilines is 1. The molecule has 34 heavy (non-hydrogen) atoms. The summed E-state index contributed by atoms with van der Waals surface area (Å²) in [6.07, 6.45) is 0. The van der Waals surface area contributed by atoms with Crippen molar-refractivity contribution < 1.29 is 18.8 Å². The minimum Gasteiger partial charge on any atom is -0.363 e. The van der Waals surface area contributed by atoms with Crippen molar-refractivity contribution in [1.82, 2.24) is 9.80 Å². The minimum atomic E-state index is -1.05. The van der Waals surface area contributed by atoms with E-state index in [1.54, 1.807) is 29.2 Å². The summed E-state index contributed by atoms with van der Waals surface area (Å²) in [6, 6.07) is 9.47. The summed E-state index contributed by atoms with van der Waals surface area (Å²) in [5, 5.41) is 1.56. The standard InChI is InChI=1S/C24H27ClFN5O3/c1-13-10-30(14(2)9-29(13)11-15-3-5-16(26)6-4-15)24(34)18-7-17-19(22(32)23(27)33)12-31(28)21(17)8-20(18)25/h3-8,13-14,19H,9-12,28H2,1-2H3,(H2,27,33)/t13-,14+,19?/m0/s1. The molecule has 4 N–H and O–H groups in total. The Morgan fingerprint density at radius 1 is 1.06 bits per heavy atom. The van der Waals surface area contributed by atoms with Crippen LogP contribution in [0.1, 0.15) is 41.3 Å². The van der Waals surface area contributed by atoms with Gasteiger partial charge in [0.15, 0.2) is 0 Å². The molecule has 0 aliphatic carbocycles. The van der Waals surface area contributed by atoms with Crippen molar-refractivity contribution in [3.8, 4) is 0 Å². The number of hydrogen-bond acceptors (Lipinski definition) is 6. The molecule has 2 aliphatic heterocycles. The highest BCUT2D eigenvalue weighted by Crippen LogP contribution is 2.39. The van der Waals surface area contributed by atoms with Gasteiger partial charge in [0.05, 0.1) is 22.2 Å². The number of carbonyl (C=O) groups is 3. The number of nitrogens with two attached hydrogens (primary N) is 2. The van der Waals surface area contributed by atoms with Gasteiger partial charge in [0.25, 0.3) is 11.8 Å². The number of hydrogen-bond donors (Lipinski definition) is 2. The normalized spacial score (nSPS) is 22.6. The molecule has 1 unspecified atom stereocenters. The van der Waals surface area contributed by atoms with E-state index >= 15 is 0 Å². The third-order valence-corrected chi connectivity index (χ3v) is 6.96. The third kappa shape index (κ3) is 4.51. The quantitative estimate of drug-likeness (QED) is 0.493. The Morgan fingerprint density at radius 2 is 1.74 bits per heavy atom. The topological polar surface area (TPSA) is 113 Å². The molecule has 1 saturated heterocycles. The highest BCUT2D eigenvalue weighted by Gasteiger charge is 2.38. The highest BCUT2D eigenvalue weighted by molar-refractivity contribution is 6.38. The summed E-state index contributed by atoms with van der Waals surface area (Å²) in [5.74, 6) is 2.81. The lowest BCUT2D eigenvalue weighted by Crippen LogP contribution is -2.57. The first-order valence-electron chi connectivity index (χ1n) is 11.1. The molecule has 0 aromatic heterocycles. The van der Waals surface area contributed by atoms with Crippen LogP contribution < -0.4 is 16.6 Å². The number of ketones is 1. The molecule has 0 radical (unpaired) electrons. The number of Topliss-reactive ketones (excluding diaryl/α,β-unsaturated/α-hetero) is 1. The van der Waals surface area contributed by atoms with Crippen LogP contribution in [0.5, 0.6) is 0 Å². The van der Waals surface area contributed by atoms with E-state index in [1.165, 1.54) is 17.1 Å². The van der Waals surface area contributed by atoms with E-state index in [0.717, 1.165) is 5.56 Å². The van der Waals surface area contributed by atoms with Gasteiger partial charge in [0, 0.05) is 38.3 Å². The second kappa shape index (κ2) is 9.32. The lowest BCUT2D eigenvalue weighted by Gasteiger charge is -2.44. The molecule has 0 saturated carbocycles. The molecule has 2 aromatic rings. The molecule has 0 spiro atoms. The Hall–Kier alpha value is -3.01. The fourth-order valence-corrected chi connectivity index (χ4v) is 4.98. The molecular weight excluding hydrogens is 461 g/mol. The second-order valence-corrected chi connectivity index (χ2v) is 9.44. The average Bonchev–Trinajstić information content (AvgIpc) is 3.11. The van der Waals surface area contributed by atoms with Gasteiger partial charge in [-0.25, -0.2) is 10.2 Å². The summed E-state index contributed by atoms with van der Waals surface area (Å²) in [6.45, 7) is 5.84. The molecule has 4 rings (SSSR count). The van der Waals surface area contributed by atoms with Crippen LogP contribution in [-0.2, 0) is 16.1 Å². The summed E-state index contributed by atoms with van der Waals surface area (Å²) in [5.41, 5.74) is 7.41. The van der Waals surface area contributed by atoms with E-state index < -0.39 is 17.6 Å². The first-order chi connectivity index (χ1) is 16.1. The van der Waals surface area contributed by atoms with Crippen molar-refractivity contribution in [2.24, 2.45) is 11.6 Å². The van der Waals surface area contributed by atoms with Crippen molar-refractivity contribution in [2.45, 2.75) is 38.4 Å². The van der Waals surface area contributed by atoms with E-state index in [0.29, 0.717) is 30.9 Å². The van der Waals surface area contributed by atoms with Crippen molar-refractivity contribution >= 4 is 34.9 Å². The highest BCUT2D eigenvalue weighted by atomic mass is 35.5. The van der Waals surface area contributed by atoms with Crippen LogP contribution in [0, 0.1) is 5.82 Å². The summed E-state index contributed by atoms with van der Waals surface area (Å²) < 4.78 is 13.2. The molecular formula is C24H27ClFN5O3. The van der Waals surface area contributed by atoms with Gasteiger partial charge in [0.1, 0.15) is 5.82 Å². The van der Waals surface area contributed by atoms with Gasteiger partial charge >= 0.3 is 0 Å². The van der Waals surface area contributed by atoms with Crippen LogP contribution >= 0.6 is 11.6 Å². The van der Waals surface area contributed by atoms with E-state index in [1.807, 2.05) is 13.8 Å². The largest absolute Gasteiger partial charge is 0.363 e. The monoisotopic (exact) mass is 487 g/mol. The number of piperazine rings is 1. The van der Waals surface area contributed by atoms with Crippen LogP contribution in [0.4, 0.5) is 10.1 Å². The zero-order chi connectivity index (χ0) is 24.7. The fraction of sp³-hybridized carbons (Fsp3) is 0.375. The number of primary amides is 1. The molecule has 2 heterocycles. The second-order valence-electron chi connectivity index (χ2n) is 9.04. The minimum absolute atomic E-state index is 0.0575. The lowest BCUT2D eigenvalue weighted by molar-refractivity contribution is -0.136. The smallest absolute Gasteiger partial charge is 0.285 e. The van der Waals surface area contributed by atoms with Crippen LogP contribution in [0.2, 0.25) is 5.02 Å². The van der Waals surface area contributed by atoms with Gasteiger partial charge in [-0.15, -0.1) is 0 Å². The predicted octanol–water partition coefficient (Wildman–Crippen LogP) is 2.05. The molecule has 180 valence electrons. The Labute approximate surface area is 202 Å². The molecule has 2 amide bonds. The number of nitrogens with zero attached hydrogens (tertiary/aromatic N) is 3. The number of benzene rings is 2. The molecule has 10 heteroatoms. The SMILES string of the molecule is C[C@@H]1CN(Cc2ccc(F)cc2)[C@@H](C)CN1C(=O)c1cc2c(cc1Cl)N(N)CC2C(=O)C(N)=O. The maximum absolute atomic E-state index is 13.5. The molecule has 2 aromatic carbocycles. The number of halogens is 2. The van der Waals surface area contributed by atoms with Gasteiger partial charge in [-0.3, -0.25) is 19.3 Å². The Bertz CT molecular complexity index is 1140. The average molecular weight is 488 g/mol.